The Hall–Kier alpha value is -1.84. The van der Waals surface area contributed by atoms with E-state index in [0.717, 1.165) is 25.9 Å². The smallest absolute Gasteiger partial charge is 0.223 e. The van der Waals surface area contributed by atoms with Crippen molar-refractivity contribution in [1.29, 1.82) is 0 Å². The van der Waals surface area contributed by atoms with E-state index in [2.05, 4.69) is 0 Å². The maximum Gasteiger partial charge on any atom is 0.223 e. The lowest BCUT2D eigenvalue weighted by Gasteiger charge is -2.14. The van der Waals surface area contributed by atoms with E-state index < -0.39 is 0 Å². The highest BCUT2D eigenvalue weighted by Gasteiger charge is 2.18. The third-order valence-corrected chi connectivity index (χ3v) is 3.42. The number of amides is 1. The molecule has 1 fully saturated rings. The maximum atomic E-state index is 12.0. The largest absolute Gasteiger partial charge is 0.497 e. The molecule has 0 saturated carbocycles. The summed E-state index contributed by atoms with van der Waals surface area (Å²) in [4.78, 5) is 25.7. The van der Waals surface area contributed by atoms with Gasteiger partial charge in [-0.05, 0) is 25.0 Å². The van der Waals surface area contributed by atoms with Crippen LogP contribution in [-0.2, 0) is 4.79 Å². The Labute approximate surface area is 113 Å². The standard InChI is InChI=1S/C15H19NO3/c1-19-13-6-4-5-12(11-13)14(17)7-8-15(18)16-9-2-3-10-16/h4-6,11H,2-3,7-10H2,1H3. The van der Waals surface area contributed by atoms with Crippen LogP contribution in [0.3, 0.4) is 0 Å². The third kappa shape index (κ3) is 3.56. The second-order valence-corrected chi connectivity index (χ2v) is 4.74. The van der Waals surface area contributed by atoms with Gasteiger partial charge in [-0.2, -0.15) is 0 Å². The molecule has 1 aliphatic heterocycles. The van der Waals surface area contributed by atoms with Gasteiger partial charge in [0.1, 0.15) is 5.75 Å². The highest BCUT2D eigenvalue weighted by Crippen LogP contribution is 2.16. The third-order valence-electron chi connectivity index (χ3n) is 3.42. The lowest BCUT2D eigenvalue weighted by molar-refractivity contribution is -0.130. The zero-order valence-corrected chi connectivity index (χ0v) is 11.2. The SMILES string of the molecule is COc1cccc(C(=O)CCC(=O)N2CCCC2)c1. The van der Waals surface area contributed by atoms with Crippen molar-refractivity contribution in [2.45, 2.75) is 25.7 Å². The summed E-state index contributed by atoms with van der Waals surface area (Å²) in [5.74, 6) is 0.747. The molecular weight excluding hydrogens is 242 g/mol. The molecule has 0 aromatic heterocycles. The lowest BCUT2D eigenvalue weighted by atomic mass is 10.1. The van der Waals surface area contributed by atoms with Gasteiger partial charge in [0.15, 0.2) is 5.78 Å². The zero-order valence-electron chi connectivity index (χ0n) is 11.2. The average Bonchev–Trinajstić information content (AvgIpc) is 2.98. The minimum Gasteiger partial charge on any atom is -0.497 e. The van der Waals surface area contributed by atoms with E-state index in [1.807, 2.05) is 4.90 Å². The van der Waals surface area contributed by atoms with Crippen molar-refractivity contribution in [3.05, 3.63) is 29.8 Å². The number of methoxy groups -OCH3 is 1. The Kier molecular flexibility index (Phi) is 4.55. The van der Waals surface area contributed by atoms with Gasteiger partial charge in [-0.1, -0.05) is 12.1 Å². The van der Waals surface area contributed by atoms with Gasteiger partial charge >= 0.3 is 0 Å². The summed E-state index contributed by atoms with van der Waals surface area (Å²) >= 11 is 0. The number of Topliss-reactive ketones (excluding diaryl/α,β-unsaturated/α-hetero) is 1. The van der Waals surface area contributed by atoms with Gasteiger partial charge in [-0.25, -0.2) is 0 Å². The first-order valence-corrected chi connectivity index (χ1v) is 6.66. The van der Waals surface area contributed by atoms with Gasteiger partial charge in [0.25, 0.3) is 0 Å². The van der Waals surface area contributed by atoms with Crippen LogP contribution in [0, 0.1) is 0 Å². The van der Waals surface area contributed by atoms with E-state index in [9.17, 15) is 9.59 Å². The van der Waals surface area contributed by atoms with Crippen LogP contribution in [0.25, 0.3) is 0 Å². The topological polar surface area (TPSA) is 46.6 Å². The summed E-state index contributed by atoms with van der Waals surface area (Å²) in [6.07, 6.45) is 2.73. The molecule has 0 N–H and O–H groups in total. The molecule has 1 saturated heterocycles. The number of ketones is 1. The van der Waals surface area contributed by atoms with E-state index in [0.29, 0.717) is 17.7 Å². The van der Waals surface area contributed by atoms with Gasteiger partial charge < -0.3 is 9.64 Å². The van der Waals surface area contributed by atoms with E-state index >= 15 is 0 Å². The van der Waals surface area contributed by atoms with Gasteiger partial charge in [0, 0.05) is 31.5 Å². The number of benzene rings is 1. The van der Waals surface area contributed by atoms with Gasteiger partial charge in [0.2, 0.25) is 5.91 Å². The van der Waals surface area contributed by atoms with E-state index in [1.165, 1.54) is 0 Å². The molecule has 0 atom stereocenters. The molecule has 19 heavy (non-hydrogen) atoms. The summed E-state index contributed by atoms with van der Waals surface area (Å²) < 4.78 is 5.08. The molecule has 0 unspecified atom stereocenters. The molecule has 4 heteroatoms. The number of nitrogens with zero attached hydrogens (tertiary/aromatic N) is 1. The molecule has 1 heterocycles. The fourth-order valence-electron chi connectivity index (χ4n) is 2.29. The van der Waals surface area contributed by atoms with E-state index in [-0.39, 0.29) is 18.1 Å². The number of hydrogen-bond donors (Lipinski definition) is 0. The molecule has 0 bridgehead atoms. The van der Waals surface area contributed by atoms with Crippen LogP contribution in [0.2, 0.25) is 0 Å². The summed E-state index contributed by atoms with van der Waals surface area (Å²) in [6, 6.07) is 7.05. The molecule has 102 valence electrons. The fourth-order valence-corrected chi connectivity index (χ4v) is 2.29. The second-order valence-electron chi connectivity index (χ2n) is 4.74. The summed E-state index contributed by atoms with van der Waals surface area (Å²) in [5, 5.41) is 0. The van der Waals surface area contributed by atoms with Gasteiger partial charge in [-0.15, -0.1) is 0 Å². The van der Waals surface area contributed by atoms with E-state index in [4.69, 9.17) is 4.74 Å². The number of rotatable bonds is 5. The first-order chi connectivity index (χ1) is 9.20. The Balaban J connectivity index is 1.88. The Morgan fingerprint density at radius 2 is 1.95 bits per heavy atom. The van der Waals surface area contributed by atoms with Crippen molar-refractivity contribution >= 4 is 11.7 Å². The number of ether oxygens (including phenoxy) is 1. The molecule has 1 aromatic carbocycles. The lowest BCUT2D eigenvalue weighted by Crippen LogP contribution is -2.27. The zero-order chi connectivity index (χ0) is 13.7. The van der Waals surface area contributed by atoms with Crippen molar-refractivity contribution in [2.24, 2.45) is 0 Å². The Morgan fingerprint density at radius 3 is 2.63 bits per heavy atom. The van der Waals surface area contributed by atoms with Crippen molar-refractivity contribution in [1.82, 2.24) is 4.90 Å². The molecule has 0 aliphatic carbocycles. The summed E-state index contributed by atoms with van der Waals surface area (Å²) in [7, 11) is 1.57. The predicted octanol–water partition coefficient (Wildman–Crippen LogP) is 2.28. The molecule has 1 aromatic rings. The minimum absolute atomic E-state index is 0.00792. The highest BCUT2D eigenvalue weighted by atomic mass is 16.5. The first kappa shape index (κ1) is 13.6. The molecule has 0 spiro atoms. The summed E-state index contributed by atoms with van der Waals surface area (Å²) in [5.41, 5.74) is 0.605. The van der Waals surface area contributed by atoms with E-state index in [1.54, 1.807) is 31.4 Å². The Morgan fingerprint density at radius 1 is 1.21 bits per heavy atom. The predicted molar refractivity (Wildman–Crippen MR) is 72.4 cm³/mol. The van der Waals surface area contributed by atoms with Crippen LogP contribution in [0.5, 0.6) is 5.75 Å². The fraction of sp³-hybridized carbons (Fsp3) is 0.467. The quantitative estimate of drug-likeness (QED) is 0.764. The highest BCUT2D eigenvalue weighted by molar-refractivity contribution is 5.98. The summed E-state index contributed by atoms with van der Waals surface area (Å²) in [6.45, 7) is 1.68. The van der Waals surface area contributed by atoms with Gasteiger partial charge in [-0.3, -0.25) is 9.59 Å². The normalized spacial score (nSPS) is 14.5. The van der Waals surface area contributed by atoms with Crippen LogP contribution in [-0.4, -0.2) is 36.8 Å². The van der Waals surface area contributed by atoms with Crippen LogP contribution in [0.4, 0.5) is 0 Å². The van der Waals surface area contributed by atoms with Gasteiger partial charge in [0.05, 0.1) is 7.11 Å². The molecule has 1 amide bonds. The van der Waals surface area contributed by atoms with Crippen molar-refractivity contribution in [3.8, 4) is 5.75 Å². The average molecular weight is 261 g/mol. The van der Waals surface area contributed by atoms with Crippen LogP contribution < -0.4 is 4.74 Å². The van der Waals surface area contributed by atoms with Crippen LogP contribution in [0.15, 0.2) is 24.3 Å². The first-order valence-electron chi connectivity index (χ1n) is 6.66. The maximum absolute atomic E-state index is 12.0. The number of hydrogen-bond acceptors (Lipinski definition) is 3. The Bertz CT molecular complexity index is 464. The molecular formula is C15H19NO3. The van der Waals surface area contributed by atoms with Crippen molar-refractivity contribution in [3.63, 3.8) is 0 Å². The molecule has 2 rings (SSSR count). The number of likely N-dealkylation sites (tertiary alicyclic amines) is 1. The van der Waals surface area contributed by atoms with Crippen LogP contribution in [0.1, 0.15) is 36.0 Å². The van der Waals surface area contributed by atoms with Crippen molar-refractivity contribution in [2.75, 3.05) is 20.2 Å². The number of carbonyl (C=O) groups is 2. The minimum atomic E-state index is -0.00792. The number of carbonyl (C=O) groups excluding carboxylic acids is 2. The van der Waals surface area contributed by atoms with Crippen molar-refractivity contribution < 1.29 is 14.3 Å². The van der Waals surface area contributed by atoms with Crippen LogP contribution >= 0.6 is 0 Å². The second kappa shape index (κ2) is 6.36. The molecule has 0 radical (unpaired) electrons. The monoisotopic (exact) mass is 261 g/mol. The molecule has 4 nitrogen and oxygen atoms in total. The molecule has 1 aliphatic rings.